The Morgan fingerprint density at radius 3 is 2.42 bits per heavy atom. The number of anilines is 1. The molecule has 2 heterocycles. The normalized spacial score (nSPS) is 17.1. The second-order valence-electron chi connectivity index (χ2n) is 5.57. The van der Waals surface area contributed by atoms with Crippen molar-refractivity contribution in [3.8, 4) is 0 Å². The third-order valence-electron chi connectivity index (χ3n) is 4.28. The van der Waals surface area contributed by atoms with E-state index < -0.39 is 0 Å². The number of fused-ring (bicyclic) bond motifs is 1. The molecule has 0 bridgehead atoms. The van der Waals surface area contributed by atoms with E-state index in [0.717, 1.165) is 26.2 Å². The quantitative estimate of drug-likeness (QED) is 0.719. The van der Waals surface area contributed by atoms with E-state index in [0.29, 0.717) is 0 Å². The molecule has 0 spiro atoms. The van der Waals surface area contributed by atoms with Gasteiger partial charge in [-0.05, 0) is 25.2 Å². The fraction of sp³-hybridized carbons (Fsp3) is 0.438. The summed E-state index contributed by atoms with van der Waals surface area (Å²) in [5.41, 5.74) is 3.96. The molecule has 2 aromatic rings. The minimum atomic E-state index is 1.12. The molecular formula is C16H22N3+. The van der Waals surface area contributed by atoms with Crippen molar-refractivity contribution < 1.29 is 4.57 Å². The van der Waals surface area contributed by atoms with Crippen molar-refractivity contribution in [3.05, 3.63) is 36.0 Å². The number of likely N-dealkylation sites (N-methyl/N-ethyl adjacent to an activating group) is 1. The zero-order chi connectivity index (χ0) is 13.4. The van der Waals surface area contributed by atoms with Gasteiger partial charge in [0.05, 0.1) is 0 Å². The lowest BCUT2D eigenvalue weighted by molar-refractivity contribution is -0.651. The number of nitrogens with zero attached hydrogens (tertiary/aromatic N) is 3. The Balaban J connectivity index is 1.99. The second kappa shape index (κ2) is 4.82. The van der Waals surface area contributed by atoms with E-state index in [-0.39, 0.29) is 0 Å². The predicted octanol–water partition coefficient (Wildman–Crippen LogP) is 1.72. The molecule has 0 amide bonds. The van der Waals surface area contributed by atoms with Crippen LogP contribution in [0.4, 0.5) is 5.69 Å². The highest BCUT2D eigenvalue weighted by Gasteiger charge is 2.16. The molecule has 1 aromatic carbocycles. The largest absolute Gasteiger partial charge is 0.369 e. The molecule has 1 aliphatic heterocycles. The van der Waals surface area contributed by atoms with Crippen LogP contribution < -0.4 is 9.47 Å². The maximum atomic E-state index is 2.49. The third-order valence-corrected chi connectivity index (χ3v) is 4.28. The minimum absolute atomic E-state index is 1.12. The molecule has 0 radical (unpaired) electrons. The molecule has 0 saturated carbocycles. The van der Waals surface area contributed by atoms with Crippen molar-refractivity contribution in [3.63, 3.8) is 0 Å². The van der Waals surface area contributed by atoms with Crippen LogP contribution in [0.5, 0.6) is 0 Å². The van der Waals surface area contributed by atoms with Crippen LogP contribution in [0.25, 0.3) is 10.9 Å². The molecule has 0 aliphatic carbocycles. The Hall–Kier alpha value is -1.61. The summed E-state index contributed by atoms with van der Waals surface area (Å²) in [4.78, 5) is 4.88. The number of hydrogen-bond acceptors (Lipinski definition) is 2. The molecule has 1 aromatic heterocycles. The smallest absolute Gasteiger partial charge is 0.214 e. The van der Waals surface area contributed by atoms with Crippen LogP contribution in [0.3, 0.4) is 0 Å². The van der Waals surface area contributed by atoms with E-state index in [1.54, 1.807) is 0 Å². The van der Waals surface area contributed by atoms with Gasteiger partial charge in [0, 0.05) is 56.3 Å². The summed E-state index contributed by atoms with van der Waals surface area (Å²) in [5, 5.41) is 1.31. The van der Waals surface area contributed by atoms with E-state index >= 15 is 0 Å². The van der Waals surface area contributed by atoms with Crippen LogP contribution in [0.2, 0.25) is 0 Å². The summed E-state index contributed by atoms with van der Waals surface area (Å²) in [6.45, 7) is 6.70. The van der Waals surface area contributed by atoms with Crippen molar-refractivity contribution in [2.45, 2.75) is 6.92 Å². The number of piperazine rings is 1. The molecule has 0 N–H and O–H groups in total. The van der Waals surface area contributed by atoms with Gasteiger partial charge in [-0.3, -0.25) is 0 Å². The summed E-state index contributed by atoms with van der Waals surface area (Å²) >= 11 is 0. The third kappa shape index (κ3) is 2.30. The fourth-order valence-electron chi connectivity index (χ4n) is 2.74. The Morgan fingerprint density at radius 1 is 1.00 bits per heavy atom. The minimum Gasteiger partial charge on any atom is -0.369 e. The van der Waals surface area contributed by atoms with Crippen molar-refractivity contribution in [1.82, 2.24) is 4.90 Å². The van der Waals surface area contributed by atoms with Crippen LogP contribution in [0, 0.1) is 6.92 Å². The Morgan fingerprint density at radius 2 is 1.68 bits per heavy atom. The Labute approximate surface area is 115 Å². The highest BCUT2D eigenvalue weighted by Crippen LogP contribution is 2.21. The molecule has 3 heteroatoms. The van der Waals surface area contributed by atoms with Crippen molar-refractivity contribution in [2.75, 3.05) is 38.1 Å². The van der Waals surface area contributed by atoms with Crippen molar-refractivity contribution in [1.29, 1.82) is 0 Å². The summed E-state index contributed by atoms with van der Waals surface area (Å²) < 4.78 is 2.27. The van der Waals surface area contributed by atoms with Crippen LogP contribution in [-0.4, -0.2) is 38.1 Å². The fourth-order valence-corrected chi connectivity index (χ4v) is 2.74. The molecule has 19 heavy (non-hydrogen) atoms. The molecule has 3 rings (SSSR count). The first-order valence-electron chi connectivity index (χ1n) is 6.98. The van der Waals surface area contributed by atoms with Gasteiger partial charge in [-0.15, -0.1) is 0 Å². The zero-order valence-corrected chi connectivity index (χ0v) is 12.1. The first kappa shape index (κ1) is 12.4. The summed E-state index contributed by atoms with van der Waals surface area (Å²) in [5.74, 6) is 0. The monoisotopic (exact) mass is 256 g/mol. The van der Waals surface area contributed by atoms with Gasteiger partial charge in [0.15, 0.2) is 5.69 Å². The Kier molecular flexibility index (Phi) is 3.15. The number of pyridine rings is 1. The summed E-state index contributed by atoms with van der Waals surface area (Å²) in [7, 11) is 4.34. The molecular weight excluding hydrogens is 234 g/mol. The van der Waals surface area contributed by atoms with Gasteiger partial charge in [0.25, 0.3) is 0 Å². The first-order chi connectivity index (χ1) is 9.15. The zero-order valence-electron chi connectivity index (χ0n) is 12.1. The molecule has 3 nitrogen and oxygen atoms in total. The second-order valence-corrected chi connectivity index (χ2v) is 5.57. The number of rotatable bonds is 1. The van der Waals surface area contributed by atoms with E-state index in [1.807, 2.05) is 0 Å². The molecule has 1 saturated heterocycles. The van der Waals surface area contributed by atoms with Crippen LogP contribution in [0.15, 0.2) is 30.3 Å². The lowest BCUT2D eigenvalue weighted by Gasteiger charge is -2.33. The number of benzene rings is 1. The molecule has 0 atom stereocenters. The SMILES string of the molecule is Cc1ccc2ccc(N3CCN(C)CC3)cc2[n+]1C. The summed E-state index contributed by atoms with van der Waals surface area (Å²) in [6.07, 6.45) is 0. The van der Waals surface area contributed by atoms with Gasteiger partial charge < -0.3 is 9.80 Å². The molecule has 1 aliphatic rings. The topological polar surface area (TPSA) is 10.4 Å². The number of aryl methyl sites for hydroxylation is 2. The van der Waals surface area contributed by atoms with Gasteiger partial charge in [-0.2, -0.15) is 4.57 Å². The Bertz CT molecular complexity index is 598. The highest BCUT2D eigenvalue weighted by atomic mass is 15.2. The predicted molar refractivity (Wildman–Crippen MR) is 79.6 cm³/mol. The van der Waals surface area contributed by atoms with E-state index in [1.165, 1.54) is 22.3 Å². The van der Waals surface area contributed by atoms with Crippen molar-refractivity contribution in [2.24, 2.45) is 7.05 Å². The van der Waals surface area contributed by atoms with Gasteiger partial charge >= 0.3 is 0 Å². The molecule has 100 valence electrons. The first-order valence-corrected chi connectivity index (χ1v) is 6.98. The van der Waals surface area contributed by atoms with E-state index in [2.05, 4.69) is 65.7 Å². The van der Waals surface area contributed by atoms with Gasteiger partial charge in [0.1, 0.15) is 7.05 Å². The standard InChI is InChI=1S/C16H22N3/c1-13-4-5-14-6-7-15(12-16(14)18(13)3)19-10-8-17(2)9-11-19/h4-7,12H,8-11H2,1-3H3/q+1. The van der Waals surface area contributed by atoms with Crippen LogP contribution in [-0.2, 0) is 7.05 Å². The van der Waals surface area contributed by atoms with Gasteiger partial charge in [0.2, 0.25) is 5.52 Å². The summed E-state index contributed by atoms with van der Waals surface area (Å²) in [6, 6.07) is 11.2. The maximum Gasteiger partial charge on any atom is 0.214 e. The number of hydrogen-bond donors (Lipinski definition) is 0. The number of aromatic nitrogens is 1. The molecule has 0 unspecified atom stereocenters. The van der Waals surface area contributed by atoms with Crippen molar-refractivity contribution >= 4 is 16.6 Å². The van der Waals surface area contributed by atoms with Crippen LogP contribution in [0.1, 0.15) is 5.69 Å². The lowest BCUT2D eigenvalue weighted by Crippen LogP contribution is -2.44. The molecule has 1 fully saturated rings. The van der Waals surface area contributed by atoms with E-state index in [4.69, 9.17) is 0 Å². The van der Waals surface area contributed by atoms with E-state index in [9.17, 15) is 0 Å². The van der Waals surface area contributed by atoms with Gasteiger partial charge in [-0.1, -0.05) is 0 Å². The average molecular weight is 256 g/mol. The maximum absolute atomic E-state index is 2.49. The highest BCUT2D eigenvalue weighted by molar-refractivity contribution is 5.79. The van der Waals surface area contributed by atoms with Crippen LogP contribution >= 0.6 is 0 Å². The van der Waals surface area contributed by atoms with Gasteiger partial charge in [-0.25, -0.2) is 0 Å². The lowest BCUT2D eigenvalue weighted by atomic mass is 10.1. The average Bonchev–Trinajstić information content (AvgIpc) is 2.44.